The second kappa shape index (κ2) is 5.76. The number of thiophene rings is 1. The summed E-state index contributed by atoms with van der Waals surface area (Å²) in [6.45, 7) is 1.90. The van der Waals surface area contributed by atoms with Crippen LogP contribution in [0.4, 0.5) is 0 Å². The van der Waals surface area contributed by atoms with Crippen molar-refractivity contribution in [1.82, 2.24) is 14.7 Å². The first-order chi connectivity index (χ1) is 11.1. The lowest BCUT2D eigenvalue weighted by molar-refractivity contribution is 0.0463. The van der Waals surface area contributed by atoms with Crippen molar-refractivity contribution in [2.45, 2.75) is 25.3 Å². The summed E-state index contributed by atoms with van der Waals surface area (Å²) >= 11 is 7.17. The zero-order valence-electron chi connectivity index (χ0n) is 12.4. The first-order valence-electron chi connectivity index (χ1n) is 7.73. The molecule has 2 aromatic rings. The number of likely N-dealkylation sites (tertiary alicyclic amines) is 1. The SMILES string of the molecule is O=C(c1ccc(Cl)s1)N1CC(Cn2nc(C3CC3)ccc2=O)C1. The molecule has 120 valence electrons. The molecule has 2 aliphatic rings. The van der Waals surface area contributed by atoms with Gasteiger partial charge in [-0.3, -0.25) is 9.59 Å². The molecule has 0 bridgehead atoms. The highest BCUT2D eigenvalue weighted by molar-refractivity contribution is 7.17. The van der Waals surface area contributed by atoms with Crippen molar-refractivity contribution in [1.29, 1.82) is 0 Å². The van der Waals surface area contributed by atoms with E-state index in [2.05, 4.69) is 5.10 Å². The van der Waals surface area contributed by atoms with Crippen molar-refractivity contribution in [2.24, 2.45) is 5.92 Å². The zero-order chi connectivity index (χ0) is 16.0. The van der Waals surface area contributed by atoms with E-state index in [0.717, 1.165) is 5.69 Å². The van der Waals surface area contributed by atoms with E-state index >= 15 is 0 Å². The number of carbonyl (C=O) groups excluding carboxylic acids is 1. The maximum absolute atomic E-state index is 12.3. The summed E-state index contributed by atoms with van der Waals surface area (Å²) in [6.07, 6.45) is 2.33. The van der Waals surface area contributed by atoms with Crippen LogP contribution in [0.25, 0.3) is 0 Å². The smallest absolute Gasteiger partial charge is 0.266 e. The number of hydrogen-bond acceptors (Lipinski definition) is 4. The van der Waals surface area contributed by atoms with E-state index in [1.54, 1.807) is 27.8 Å². The highest BCUT2D eigenvalue weighted by Gasteiger charge is 2.33. The second-order valence-corrected chi connectivity index (χ2v) is 7.95. The van der Waals surface area contributed by atoms with Gasteiger partial charge in [0.15, 0.2) is 0 Å². The summed E-state index contributed by atoms with van der Waals surface area (Å²) in [5, 5.41) is 4.47. The van der Waals surface area contributed by atoms with Gasteiger partial charge in [-0.1, -0.05) is 11.6 Å². The molecule has 7 heteroatoms. The standard InChI is InChI=1S/C16H16ClN3O2S/c17-14-5-4-13(23-14)16(22)19-7-10(8-19)9-20-15(21)6-3-12(18-20)11-1-2-11/h3-6,10-11H,1-2,7-9H2. The van der Waals surface area contributed by atoms with E-state index in [9.17, 15) is 9.59 Å². The largest absolute Gasteiger partial charge is 0.337 e. The minimum absolute atomic E-state index is 0.0187. The number of halogens is 1. The van der Waals surface area contributed by atoms with Crippen LogP contribution in [0.15, 0.2) is 29.1 Å². The Kier molecular flexibility index (Phi) is 3.73. The molecule has 23 heavy (non-hydrogen) atoms. The van der Waals surface area contributed by atoms with Crippen molar-refractivity contribution in [3.05, 3.63) is 49.5 Å². The first-order valence-corrected chi connectivity index (χ1v) is 8.92. The zero-order valence-corrected chi connectivity index (χ0v) is 14.0. The lowest BCUT2D eigenvalue weighted by Crippen LogP contribution is -2.52. The molecule has 3 heterocycles. The molecule has 0 radical (unpaired) electrons. The maximum Gasteiger partial charge on any atom is 0.266 e. The van der Waals surface area contributed by atoms with Gasteiger partial charge in [-0.25, -0.2) is 4.68 Å². The second-order valence-electron chi connectivity index (χ2n) is 6.23. The number of amides is 1. The summed E-state index contributed by atoms with van der Waals surface area (Å²) in [5.74, 6) is 0.837. The minimum Gasteiger partial charge on any atom is -0.337 e. The fraction of sp³-hybridized carbons (Fsp3) is 0.438. The van der Waals surface area contributed by atoms with Crippen LogP contribution in [-0.2, 0) is 6.54 Å². The molecule has 1 aliphatic carbocycles. The lowest BCUT2D eigenvalue weighted by Gasteiger charge is -2.39. The van der Waals surface area contributed by atoms with E-state index in [1.807, 2.05) is 6.07 Å². The Labute approximate surface area is 142 Å². The van der Waals surface area contributed by atoms with Crippen molar-refractivity contribution in [3.8, 4) is 0 Å². The first kappa shape index (κ1) is 14.9. The quantitative estimate of drug-likeness (QED) is 0.852. The van der Waals surface area contributed by atoms with Crippen LogP contribution in [0.1, 0.15) is 34.1 Å². The normalized spacial score (nSPS) is 18.0. The fourth-order valence-electron chi connectivity index (χ4n) is 2.87. The Morgan fingerprint density at radius 2 is 2.04 bits per heavy atom. The van der Waals surface area contributed by atoms with Crippen LogP contribution >= 0.6 is 22.9 Å². The summed E-state index contributed by atoms with van der Waals surface area (Å²) < 4.78 is 2.18. The molecule has 0 unspecified atom stereocenters. The third-order valence-corrected chi connectivity index (χ3v) is 5.56. The van der Waals surface area contributed by atoms with E-state index < -0.39 is 0 Å². The van der Waals surface area contributed by atoms with Crippen LogP contribution in [0.5, 0.6) is 0 Å². The molecular formula is C16H16ClN3O2S. The van der Waals surface area contributed by atoms with E-state index in [1.165, 1.54) is 24.2 Å². The van der Waals surface area contributed by atoms with Gasteiger partial charge in [0.25, 0.3) is 11.5 Å². The molecule has 1 saturated heterocycles. The highest BCUT2D eigenvalue weighted by atomic mass is 35.5. The molecule has 0 N–H and O–H groups in total. The van der Waals surface area contributed by atoms with Gasteiger partial charge in [-0.2, -0.15) is 5.10 Å². The van der Waals surface area contributed by atoms with Gasteiger partial charge in [-0.15, -0.1) is 11.3 Å². The topological polar surface area (TPSA) is 55.2 Å². The summed E-state index contributed by atoms with van der Waals surface area (Å²) in [7, 11) is 0. The van der Waals surface area contributed by atoms with Crippen molar-refractivity contribution in [3.63, 3.8) is 0 Å². The molecule has 0 aromatic carbocycles. The highest BCUT2D eigenvalue weighted by Crippen LogP contribution is 2.38. The van der Waals surface area contributed by atoms with Crippen LogP contribution in [0, 0.1) is 5.92 Å². The van der Waals surface area contributed by atoms with Gasteiger partial charge in [0.2, 0.25) is 0 Å². The molecule has 2 fully saturated rings. The predicted molar refractivity (Wildman–Crippen MR) is 89.2 cm³/mol. The van der Waals surface area contributed by atoms with Gasteiger partial charge < -0.3 is 4.90 Å². The minimum atomic E-state index is -0.0655. The maximum atomic E-state index is 12.3. The van der Waals surface area contributed by atoms with E-state index in [0.29, 0.717) is 34.8 Å². The molecule has 0 atom stereocenters. The monoisotopic (exact) mass is 349 g/mol. The van der Waals surface area contributed by atoms with E-state index in [4.69, 9.17) is 11.6 Å². The molecule has 1 amide bonds. The molecule has 0 spiro atoms. The Morgan fingerprint density at radius 3 is 2.70 bits per heavy atom. The van der Waals surface area contributed by atoms with Crippen molar-refractivity contribution < 1.29 is 4.79 Å². The number of nitrogens with zero attached hydrogens (tertiary/aromatic N) is 3. The molecule has 2 aromatic heterocycles. The summed E-state index contributed by atoms with van der Waals surface area (Å²) in [5.41, 5.74) is 0.953. The lowest BCUT2D eigenvalue weighted by atomic mass is 10.00. The third-order valence-electron chi connectivity index (χ3n) is 4.34. The number of hydrogen-bond donors (Lipinski definition) is 0. The predicted octanol–water partition coefficient (Wildman–Crippen LogP) is 2.61. The molecule has 1 aliphatic heterocycles. The van der Waals surface area contributed by atoms with Crippen LogP contribution < -0.4 is 5.56 Å². The Hall–Kier alpha value is -1.66. The van der Waals surface area contributed by atoms with Crippen LogP contribution in [-0.4, -0.2) is 33.7 Å². The van der Waals surface area contributed by atoms with Gasteiger partial charge in [0.1, 0.15) is 0 Å². The Bertz CT molecular complexity index is 806. The van der Waals surface area contributed by atoms with Crippen LogP contribution in [0.3, 0.4) is 0 Å². The van der Waals surface area contributed by atoms with Gasteiger partial charge >= 0.3 is 0 Å². The van der Waals surface area contributed by atoms with Crippen LogP contribution in [0.2, 0.25) is 4.34 Å². The third kappa shape index (κ3) is 3.05. The van der Waals surface area contributed by atoms with Gasteiger partial charge in [0, 0.05) is 31.0 Å². The molecule has 5 nitrogen and oxygen atoms in total. The molecule has 4 rings (SSSR count). The number of carbonyl (C=O) groups is 1. The van der Waals surface area contributed by atoms with Gasteiger partial charge in [-0.05, 0) is 31.0 Å². The molecular weight excluding hydrogens is 334 g/mol. The summed E-state index contributed by atoms with van der Waals surface area (Å²) in [6, 6.07) is 6.95. The molecule has 1 saturated carbocycles. The number of aromatic nitrogens is 2. The number of rotatable bonds is 4. The average molecular weight is 350 g/mol. The van der Waals surface area contributed by atoms with E-state index in [-0.39, 0.29) is 17.4 Å². The fourth-order valence-corrected chi connectivity index (χ4v) is 3.88. The van der Waals surface area contributed by atoms with Crippen molar-refractivity contribution >= 4 is 28.8 Å². The van der Waals surface area contributed by atoms with Crippen molar-refractivity contribution in [2.75, 3.05) is 13.1 Å². The average Bonchev–Trinajstić information content (AvgIpc) is 3.25. The van der Waals surface area contributed by atoms with Gasteiger partial charge in [0.05, 0.1) is 21.5 Å². The Balaban J connectivity index is 1.38. The Morgan fingerprint density at radius 1 is 1.26 bits per heavy atom. The summed E-state index contributed by atoms with van der Waals surface area (Å²) in [4.78, 5) is 26.6.